The molecule has 0 saturated carbocycles. The third kappa shape index (κ3) is 3.00. The van der Waals surface area contributed by atoms with Gasteiger partial charge < -0.3 is 10.5 Å². The van der Waals surface area contributed by atoms with Crippen LogP contribution >= 0.6 is 0 Å². The summed E-state index contributed by atoms with van der Waals surface area (Å²) in [7, 11) is 1.20. The van der Waals surface area contributed by atoms with Gasteiger partial charge in [-0.25, -0.2) is 0 Å². The highest BCUT2D eigenvalue weighted by molar-refractivity contribution is 5.75. The first-order chi connectivity index (χ1) is 5.65. The summed E-state index contributed by atoms with van der Waals surface area (Å²) in [6, 6.07) is 2.54. The Labute approximate surface area is 70.3 Å². The number of nitrogens with zero attached hydrogens (tertiary/aromatic N) is 2. The second-order valence-electron chi connectivity index (χ2n) is 2.18. The van der Waals surface area contributed by atoms with Crippen molar-refractivity contribution in [2.75, 3.05) is 7.11 Å². The van der Waals surface area contributed by atoms with Crippen LogP contribution in [0.2, 0.25) is 0 Å². The number of carbonyl (C=O) groups is 1. The van der Waals surface area contributed by atoms with Crippen LogP contribution in [0, 0.1) is 28.6 Å². The summed E-state index contributed by atoms with van der Waals surface area (Å²) >= 11 is 0. The average molecular weight is 167 g/mol. The molecule has 0 amide bonds. The minimum absolute atomic E-state index is 0.0136. The van der Waals surface area contributed by atoms with Crippen LogP contribution < -0.4 is 5.73 Å². The topological polar surface area (TPSA) is 99.9 Å². The summed E-state index contributed by atoms with van der Waals surface area (Å²) < 4.78 is 4.32. The molecule has 0 saturated heterocycles. The van der Waals surface area contributed by atoms with Crippen molar-refractivity contribution < 1.29 is 9.53 Å². The number of rotatable bonds is 3. The molecule has 0 bridgehead atoms. The van der Waals surface area contributed by atoms with E-state index in [1.807, 2.05) is 0 Å². The van der Waals surface area contributed by atoms with E-state index in [1.165, 1.54) is 7.11 Å². The minimum Gasteiger partial charge on any atom is -0.468 e. The lowest BCUT2D eigenvalue weighted by atomic mass is 10.0. The molecule has 0 fully saturated rings. The van der Waals surface area contributed by atoms with E-state index in [0.29, 0.717) is 0 Å². The number of hydrogen-bond acceptors (Lipinski definition) is 5. The van der Waals surface area contributed by atoms with Crippen molar-refractivity contribution in [3.05, 3.63) is 0 Å². The number of methoxy groups -OCH3 is 1. The van der Waals surface area contributed by atoms with Crippen molar-refractivity contribution in [2.24, 2.45) is 11.7 Å². The minimum atomic E-state index is -0.890. The molecule has 0 unspecified atom stereocenters. The van der Waals surface area contributed by atoms with Gasteiger partial charge in [-0.3, -0.25) is 4.79 Å². The first kappa shape index (κ1) is 10.4. The Morgan fingerprint density at radius 1 is 1.58 bits per heavy atom. The molecule has 0 heterocycles. The van der Waals surface area contributed by atoms with E-state index in [0.717, 1.165) is 0 Å². The van der Waals surface area contributed by atoms with Crippen LogP contribution in [0.25, 0.3) is 0 Å². The van der Waals surface area contributed by atoms with Crippen LogP contribution in [0.15, 0.2) is 0 Å². The van der Waals surface area contributed by atoms with Gasteiger partial charge in [-0.2, -0.15) is 10.5 Å². The maximum atomic E-state index is 10.7. The Morgan fingerprint density at radius 3 is 2.42 bits per heavy atom. The van der Waals surface area contributed by atoms with Gasteiger partial charge in [-0.1, -0.05) is 0 Å². The molecule has 1 atom stereocenters. The number of ether oxygens (including phenoxy) is 1. The molecule has 5 heteroatoms. The number of carbonyl (C=O) groups excluding carboxylic acids is 1. The van der Waals surface area contributed by atoms with E-state index >= 15 is 0 Å². The zero-order valence-electron chi connectivity index (χ0n) is 6.65. The van der Waals surface area contributed by atoms with Gasteiger partial charge in [-0.05, 0) is 0 Å². The van der Waals surface area contributed by atoms with Crippen molar-refractivity contribution in [3.63, 3.8) is 0 Å². The number of esters is 1. The first-order valence-electron chi connectivity index (χ1n) is 3.28. The van der Waals surface area contributed by atoms with Crippen LogP contribution in [0.3, 0.4) is 0 Å². The van der Waals surface area contributed by atoms with Gasteiger partial charge in [0.15, 0.2) is 0 Å². The van der Waals surface area contributed by atoms with Crippen LogP contribution in [0.4, 0.5) is 0 Å². The highest BCUT2D eigenvalue weighted by atomic mass is 16.5. The molecule has 64 valence electrons. The van der Waals surface area contributed by atoms with E-state index in [1.54, 1.807) is 12.1 Å². The number of hydrogen-bond donors (Lipinski definition) is 1. The fourth-order valence-electron chi connectivity index (χ4n) is 0.636. The molecule has 2 N–H and O–H groups in total. The molecular weight excluding hydrogens is 158 g/mol. The van der Waals surface area contributed by atoms with E-state index in [9.17, 15) is 4.79 Å². The summed E-state index contributed by atoms with van der Waals surface area (Å²) in [6.07, 6.45) is 0.0136. The third-order valence-corrected chi connectivity index (χ3v) is 1.31. The maximum absolute atomic E-state index is 10.7. The van der Waals surface area contributed by atoms with Gasteiger partial charge in [0, 0.05) is 6.42 Å². The molecule has 12 heavy (non-hydrogen) atoms. The SMILES string of the molecule is COC(=O)[C@@H](N)CC(C#N)C#N. The van der Waals surface area contributed by atoms with Crippen molar-refractivity contribution in [3.8, 4) is 12.1 Å². The van der Waals surface area contributed by atoms with Gasteiger partial charge in [0.2, 0.25) is 0 Å². The molecule has 0 rings (SSSR count). The predicted molar refractivity (Wildman–Crippen MR) is 39.3 cm³/mol. The fourth-order valence-corrected chi connectivity index (χ4v) is 0.636. The van der Waals surface area contributed by atoms with E-state index in [2.05, 4.69) is 4.74 Å². The predicted octanol–water partition coefficient (Wildman–Crippen LogP) is -0.460. The summed E-state index contributed by atoms with van der Waals surface area (Å²) in [5, 5.41) is 16.7. The van der Waals surface area contributed by atoms with Crippen molar-refractivity contribution in [2.45, 2.75) is 12.5 Å². The van der Waals surface area contributed by atoms with Gasteiger partial charge in [0.25, 0.3) is 0 Å². The Balaban J connectivity index is 4.02. The third-order valence-electron chi connectivity index (χ3n) is 1.31. The standard InChI is InChI=1S/C7H9N3O2/c1-12-7(11)6(10)2-5(3-8)4-9/h5-6H,2,10H2,1H3/t6-/m0/s1. The monoisotopic (exact) mass is 167 g/mol. The molecule has 0 aliphatic carbocycles. The first-order valence-corrected chi connectivity index (χ1v) is 3.28. The molecular formula is C7H9N3O2. The molecule has 5 nitrogen and oxygen atoms in total. The van der Waals surface area contributed by atoms with Crippen molar-refractivity contribution in [1.82, 2.24) is 0 Å². The van der Waals surface area contributed by atoms with Crippen molar-refractivity contribution in [1.29, 1.82) is 10.5 Å². The van der Waals surface area contributed by atoms with E-state index in [-0.39, 0.29) is 6.42 Å². The Hall–Kier alpha value is -1.59. The van der Waals surface area contributed by atoms with E-state index in [4.69, 9.17) is 16.3 Å². The average Bonchev–Trinajstić information content (AvgIpc) is 2.12. The highest BCUT2D eigenvalue weighted by Gasteiger charge is 2.18. The van der Waals surface area contributed by atoms with Crippen LogP contribution in [0.5, 0.6) is 0 Å². The largest absolute Gasteiger partial charge is 0.468 e. The van der Waals surface area contributed by atoms with Gasteiger partial charge in [0.1, 0.15) is 12.0 Å². The molecule has 0 aromatic rings. The Bertz CT molecular complexity index is 224. The summed E-state index contributed by atoms with van der Waals surface area (Å²) in [5.41, 5.74) is 5.30. The molecule has 0 aromatic carbocycles. The summed E-state index contributed by atoms with van der Waals surface area (Å²) in [4.78, 5) is 10.7. The molecule has 0 aliphatic rings. The fraction of sp³-hybridized carbons (Fsp3) is 0.571. The number of nitriles is 2. The van der Waals surface area contributed by atoms with Crippen LogP contribution in [-0.2, 0) is 9.53 Å². The quantitative estimate of drug-likeness (QED) is 0.573. The lowest BCUT2D eigenvalue weighted by Crippen LogP contribution is -2.33. The highest BCUT2D eigenvalue weighted by Crippen LogP contribution is 2.03. The second kappa shape index (κ2) is 5.11. The molecule has 0 spiro atoms. The van der Waals surface area contributed by atoms with Gasteiger partial charge >= 0.3 is 5.97 Å². The lowest BCUT2D eigenvalue weighted by Gasteiger charge is -2.07. The maximum Gasteiger partial charge on any atom is 0.322 e. The zero-order valence-corrected chi connectivity index (χ0v) is 6.65. The van der Waals surface area contributed by atoms with Gasteiger partial charge in [0.05, 0.1) is 19.2 Å². The summed E-state index contributed by atoms with van der Waals surface area (Å²) in [5.74, 6) is -1.45. The lowest BCUT2D eigenvalue weighted by molar-refractivity contribution is -0.142. The molecule has 0 aliphatic heterocycles. The van der Waals surface area contributed by atoms with Crippen LogP contribution in [-0.4, -0.2) is 19.1 Å². The van der Waals surface area contributed by atoms with Crippen LogP contribution in [0.1, 0.15) is 6.42 Å². The normalized spacial score (nSPS) is 11.4. The summed E-state index contributed by atoms with van der Waals surface area (Å²) in [6.45, 7) is 0. The van der Waals surface area contributed by atoms with Crippen molar-refractivity contribution >= 4 is 5.97 Å². The zero-order chi connectivity index (χ0) is 9.56. The smallest absolute Gasteiger partial charge is 0.322 e. The van der Waals surface area contributed by atoms with Gasteiger partial charge in [-0.15, -0.1) is 0 Å². The molecule has 0 radical (unpaired) electrons. The van der Waals surface area contributed by atoms with E-state index < -0.39 is 17.9 Å². The number of nitrogens with two attached hydrogens (primary N) is 1. The second-order valence-corrected chi connectivity index (χ2v) is 2.18. The Morgan fingerprint density at radius 2 is 2.08 bits per heavy atom. The molecule has 0 aromatic heterocycles. The Kier molecular flexibility index (Phi) is 4.43.